The van der Waals surface area contributed by atoms with Gasteiger partial charge >= 0.3 is 0 Å². The normalized spacial score (nSPS) is 17.1. The molecule has 3 nitrogen and oxygen atoms in total. The van der Waals surface area contributed by atoms with E-state index in [0.29, 0.717) is 5.92 Å². The van der Waals surface area contributed by atoms with Gasteiger partial charge in [0.2, 0.25) is 0 Å². The first-order valence-electron chi connectivity index (χ1n) is 7.92. The van der Waals surface area contributed by atoms with E-state index in [4.69, 9.17) is 0 Å². The first kappa shape index (κ1) is 13.6. The van der Waals surface area contributed by atoms with Gasteiger partial charge in [-0.05, 0) is 49.5 Å². The van der Waals surface area contributed by atoms with Gasteiger partial charge in [-0.2, -0.15) is 0 Å². The topological polar surface area (TPSA) is 21.1 Å². The second kappa shape index (κ2) is 5.96. The van der Waals surface area contributed by atoms with Crippen LogP contribution in [0.1, 0.15) is 44.6 Å². The SMILES string of the molecule is CC(C)c1cn(CCN2CCCCC2)c2ncccc12. The lowest BCUT2D eigenvalue weighted by Crippen LogP contribution is -2.32. The highest BCUT2D eigenvalue weighted by atomic mass is 15.2. The van der Waals surface area contributed by atoms with Crippen LogP contribution in [0.4, 0.5) is 0 Å². The van der Waals surface area contributed by atoms with Crippen LogP contribution in [0, 0.1) is 0 Å². The van der Waals surface area contributed by atoms with Crippen molar-refractivity contribution in [2.75, 3.05) is 19.6 Å². The lowest BCUT2D eigenvalue weighted by atomic mass is 10.0. The molecule has 1 aliphatic heterocycles. The number of nitrogens with zero attached hydrogens (tertiary/aromatic N) is 3. The summed E-state index contributed by atoms with van der Waals surface area (Å²) < 4.78 is 2.35. The third-order valence-corrected chi connectivity index (χ3v) is 4.39. The molecular weight excluding hydrogens is 246 g/mol. The first-order chi connectivity index (χ1) is 9.75. The van der Waals surface area contributed by atoms with Crippen LogP contribution >= 0.6 is 0 Å². The fourth-order valence-corrected chi connectivity index (χ4v) is 3.21. The number of pyridine rings is 1. The summed E-state index contributed by atoms with van der Waals surface area (Å²) in [6.07, 6.45) is 8.35. The molecule has 3 heterocycles. The fourth-order valence-electron chi connectivity index (χ4n) is 3.21. The summed E-state index contributed by atoms with van der Waals surface area (Å²) in [7, 11) is 0. The molecule has 1 saturated heterocycles. The maximum Gasteiger partial charge on any atom is 0.140 e. The van der Waals surface area contributed by atoms with E-state index in [0.717, 1.165) is 18.7 Å². The van der Waals surface area contributed by atoms with Crippen LogP contribution in [-0.2, 0) is 6.54 Å². The highest BCUT2D eigenvalue weighted by Crippen LogP contribution is 2.26. The Bertz CT molecular complexity index is 565. The summed E-state index contributed by atoms with van der Waals surface area (Å²) in [6, 6.07) is 4.25. The van der Waals surface area contributed by atoms with Crippen LogP contribution in [-0.4, -0.2) is 34.1 Å². The van der Waals surface area contributed by atoms with Gasteiger partial charge in [0.05, 0.1) is 0 Å². The lowest BCUT2D eigenvalue weighted by Gasteiger charge is -2.26. The van der Waals surface area contributed by atoms with Gasteiger partial charge in [0.1, 0.15) is 5.65 Å². The molecule has 0 N–H and O–H groups in total. The number of likely N-dealkylation sites (tertiary alicyclic amines) is 1. The number of hydrogen-bond donors (Lipinski definition) is 0. The maximum absolute atomic E-state index is 4.59. The molecule has 0 radical (unpaired) electrons. The fraction of sp³-hybridized carbons (Fsp3) is 0.588. The Kier molecular flexibility index (Phi) is 4.06. The monoisotopic (exact) mass is 271 g/mol. The molecule has 0 aromatic carbocycles. The Hall–Kier alpha value is -1.35. The number of piperidine rings is 1. The van der Waals surface area contributed by atoms with Crippen LogP contribution in [0.15, 0.2) is 24.5 Å². The van der Waals surface area contributed by atoms with Crippen LogP contribution in [0.2, 0.25) is 0 Å². The van der Waals surface area contributed by atoms with Gasteiger partial charge in [0.15, 0.2) is 0 Å². The predicted octanol–water partition coefficient (Wildman–Crippen LogP) is 3.65. The Morgan fingerprint density at radius 2 is 1.95 bits per heavy atom. The van der Waals surface area contributed by atoms with E-state index in [9.17, 15) is 0 Å². The van der Waals surface area contributed by atoms with Crippen LogP contribution in [0.25, 0.3) is 11.0 Å². The molecule has 2 aromatic heterocycles. The molecular formula is C17H25N3. The summed E-state index contributed by atoms with van der Waals surface area (Å²) in [5.74, 6) is 0.554. The number of hydrogen-bond acceptors (Lipinski definition) is 2. The van der Waals surface area contributed by atoms with Crippen molar-refractivity contribution in [3.8, 4) is 0 Å². The molecule has 0 aliphatic carbocycles. The van der Waals surface area contributed by atoms with Crippen molar-refractivity contribution in [1.29, 1.82) is 0 Å². The van der Waals surface area contributed by atoms with Gasteiger partial charge in [-0.15, -0.1) is 0 Å². The minimum absolute atomic E-state index is 0.554. The van der Waals surface area contributed by atoms with Crippen molar-refractivity contribution in [3.63, 3.8) is 0 Å². The van der Waals surface area contributed by atoms with E-state index in [2.05, 4.69) is 40.6 Å². The summed E-state index contributed by atoms with van der Waals surface area (Å²) in [4.78, 5) is 7.18. The van der Waals surface area contributed by atoms with Crippen LogP contribution < -0.4 is 0 Å². The molecule has 1 fully saturated rings. The Morgan fingerprint density at radius 1 is 1.15 bits per heavy atom. The van der Waals surface area contributed by atoms with Crippen molar-refractivity contribution < 1.29 is 0 Å². The summed E-state index contributed by atoms with van der Waals surface area (Å²) in [5, 5.41) is 1.32. The summed E-state index contributed by atoms with van der Waals surface area (Å²) >= 11 is 0. The van der Waals surface area contributed by atoms with Gasteiger partial charge in [0.25, 0.3) is 0 Å². The molecule has 108 valence electrons. The predicted molar refractivity (Wildman–Crippen MR) is 84.1 cm³/mol. The van der Waals surface area contributed by atoms with Gasteiger partial charge in [0, 0.05) is 30.9 Å². The average Bonchev–Trinajstić information content (AvgIpc) is 2.85. The minimum Gasteiger partial charge on any atom is -0.331 e. The van der Waals surface area contributed by atoms with Crippen LogP contribution in [0.3, 0.4) is 0 Å². The zero-order valence-electron chi connectivity index (χ0n) is 12.7. The summed E-state index contributed by atoms with van der Waals surface area (Å²) in [5.41, 5.74) is 2.57. The molecule has 3 rings (SSSR count). The minimum atomic E-state index is 0.554. The molecule has 0 atom stereocenters. The molecule has 2 aromatic rings. The lowest BCUT2D eigenvalue weighted by molar-refractivity contribution is 0.221. The van der Waals surface area contributed by atoms with E-state index < -0.39 is 0 Å². The molecule has 0 bridgehead atoms. The number of aromatic nitrogens is 2. The van der Waals surface area contributed by atoms with Crippen molar-refractivity contribution >= 4 is 11.0 Å². The molecule has 0 unspecified atom stereocenters. The molecule has 0 amide bonds. The van der Waals surface area contributed by atoms with Crippen LogP contribution in [0.5, 0.6) is 0 Å². The van der Waals surface area contributed by atoms with Crippen molar-refractivity contribution in [1.82, 2.24) is 14.5 Å². The average molecular weight is 271 g/mol. The quantitative estimate of drug-likeness (QED) is 0.846. The highest BCUT2D eigenvalue weighted by Gasteiger charge is 2.14. The van der Waals surface area contributed by atoms with E-state index in [1.54, 1.807) is 0 Å². The Balaban J connectivity index is 1.80. The van der Waals surface area contributed by atoms with E-state index in [1.165, 1.54) is 43.3 Å². The number of fused-ring (bicyclic) bond motifs is 1. The second-order valence-corrected chi connectivity index (χ2v) is 6.21. The standard InChI is InChI=1S/C17H25N3/c1-14(2)16-13-20(17-15(16)7-6-8-18-17)12-11-19-9-4-3-5-10-19/h6-8,13-14H,3-5,9-12H2,1-2H3. The van der Waals surface area contributed by atoms with Gasteiger partial charge in [-0.1, -0.05) is 20.3 Å². The molecule has 0 saturated carbocycles. The Labute approximate surface area is 121 Å². The summed E-state index contributed by atoms with van der Waals surface area (Å²) in [6.45, 7) is 9.26. The largest absolute Gasteiger partial charge is 0.331 e. The van der Waals surface area contributed by atoms with Gasteiger partial charge in [-0.25, -0.2) is 4.98 Å². The molecule has 1 aliphatic rings. The maximum atomic E-state index is 4.59. The molecule has 20 heavy (non-hydrogen) atoms. The smallest absolute Gasteiger partial charge is 0.140 e. The van der Waals surface area contributed by atoms with Crippen molar-refractivity contribution in [2.45, 2.75) is 45.6 Å². The third kappa shape index (κ3) is 2.73. The highest BCUT2D eigenvalue weighted by molar-refractivity contribution is 5.80. The van der Waals surface area contributed by atoms with E-state index in [1.807, 2.05) is 12.3 Å². The zero-order valence-corrected chi connectivity index (χ0v) is 12.7. The third-order valence-electron chi connectivity index (χ3n) is 4.39. The Morgan fingerprint density at radius 3 is 2.70 bits per heavy atom. The molecule has 0 spiro atoms. The van der Waals surface area contributed by atoms with Crippen molar-refractivity contribution in [3.05, 3.63) is 30.1 Å². The molecule has 3 heteroatoms. The van der Waals surface area contributed by atoms with Gasteiger partial charge < -0.3 is 9.47 Å². The van der Waals surface area contributed by atoms with Gasteiger partial charge in [-0.3, -0.25) is 0 Å². The van der Waals surface area contributed by atoms with E-state index >= 15 is 0 Å². The second-order valence-electron chi connectivity index (χ2n) is 6.21. The van der Waals surface area contributed by atoms with E-state index in [-0.39, 0.29) is 0 Å². The number of rotatable bonds is 4. The van der Waals surface area contributed by atoms with Crippen molar-refractivity contribution in [2.24, 2.45) is 0 Å². The zero-order chi connectivity index (χ0) is 13.9. The first-order valence-corrected chi connectivity index (χ1v) is 7.92.